The van der Waals surface area contributed by atoms with Crippen LogP contribution in [0.3, 0.4) is 0 Å². The van der Waals surface area contributed by atoms with Crippen molar-refractivity contribution in [2.45, 2.75) is 45.6 Å². The molecule has 0 aliphatic rings. The summed E-state index contributed by atoms with van der Waals surface area (Å²) in [6.07, 6.45) is 6.69. The highest BCUT2D eigenvalue weighted by Crippen LogP contribution is 2.28. The third-order valence-corrected chi connectivity index (χ3v) is 3.16. The second-order valence-electron chi connectivity index (χ2n) is 3.74. The van der Waals surface area contributed by atoms with Gasteiger partial charge in [-0.15, -0.1) is 0 Å². The van der Waals surface area contributed by atoms with Crippen LogP contribution in [-0.2, 0) is 0 Å². The summed E-state index contributed by atoms with van der Waals surface area (Å²) < 4.78 is 6.57. The van der Waals surface area contributed by atoms with Gasteiger partial charge in [-0.2, -0.15) is 0 Å². The Hall–Kier alpha value is -0.280. The molecule has 0 radical (unpaired) electrons. The first-order chi connectivity index (χ1) is 7.29. The number of nitrogens with one attached hydrogen (secondary N) is 1. The van der Waals surface area contributed by atoms with E-state index < -0.39 is 0 Å². The molecule has 1 aromatic rings. The molecule has 1 aromatic heterocycles. The van der Waals surface area contributed by atoms with Gasteiger partial charge in [-0.1, -0.05) is 33.1 Å². The van der Waals surface area contributed by atoms with Gasteiger partial charge in [-0.3, -0.25) is 0 Å². The molecule has 0 fully saturated rings. The van der Waals surface area contributed by atoms with Gasteiger partial charge in [0.25, 0.3) is 0 Å². The topological polar surface area (TPSA) is 25.2 Å². The first kappa shape index (κ1) is 12.8. The van der Waals surface area contributed by atoms with Crippen LogP contribution in [0.25, 0.3) is 0 Å². The maximum Gasteiger partial charge on any atom is 0.134 e. The fourth-order valence-electron chi connectivity index (χ4n) is 1.72. The minimum atomic E-state index is 0.353. The molecule has 2 nitrogen and oxygen atoms in total. The Morgan fingerprint density at radius 1 is 1.40 bits per heavy atom. The van der Waals surface area contributed by atoms with E-state index in [9.17, 15) is 0 Å². The summed E-state index contributed by atoms with van der Waals surface area (Å²) >= 11 is 3.51. The van der Waals surface area contributed by atoms with Crippen molar-refractivity contribution in [3.8, 4) is 0 Å². The molecule has 0 spiro atoms. The highest BCUT2D eigenvalue weighted by atomic mass is 79.9. The molecule has 0 aromatic carbocycles. The van der Waals surface area contributed by atoms with Crippen LogP contribution < -0.4 is 5.32 Å². The summed E-state index contributed by atoms with van der Waals surface area (Å²) in [4.78, 5) is 0. The van der Waals surface area contributed by atoms with Crippen LogP contribution >= 0.6 is 15.9 Å². The summed E-state index contributed by atoms with van der Waals surface area (Å²) in [6, 6.07) is 2.31. The van der Waals surface area contributed by atoms with Crippen molar-refractivity contribution in [1.82, 2.24) is 5.32 Å². The average molecular weight is 274 g/mol. The lowest BCUT2D eigenvalue weighted by molar-refractivity contribution is 0.389. The van der Waals surface area contributed by atoms with E-state index in [2.05, 4.69) is 35.1 Å². The Bertz CT molecular complexity index is 272. The van der Waals surface area contributed by atoms with Crippen molar-refractivity contribution in [2.24, 2.45) is 0 Å². The molecule has 1 rings (SSSR count). The van der Waals surface area contributed by atoms with Gasteiger partial charge in [-0.25, -0.2) is 0 Å². The van der Waals surface area contributed by atoms with Crippen molar-refractivity contribution in [1.29, 1.82) is 0 Å². The van der Waals surface area contributed by atoms with Gasteiger partial charge in [0, 0.05) is 0 Å². The molecule has 0 aliphatic carbocycles. The fourth-order valence-corrected chi connectivity index (χ4v) is 2.20. The third kappa shape index (κ3) is 3.99. The summed E-state index contributed by atoms with van der Waals surface area (Å²) in [7, 11) is 0. The monoisotopic (exact) mass is 273 g/mol. The molecule has 3 heteroatoms. The van der Waals surface area contributed by atoms with E-state index in [1.54, 1.807) is 6.26 Å². The van der Waals surface area contributed by atoms with Crippen molar-refractivity contribution >= 4 is 15.9 Å². The van der Waals surface area contributed by atoms with E-state index >= 15 is 0 Å². The first-order valence-corrected chi connectivity index (χ1v) is 6.55. The number of halogens is 1. The van der Waals surface area contributed by atoms with Crippen LogP contribution in [0.5, 0.6) is 0 Å². The van der Waals surface area contributed by atoms with Crippen LogP contribution in [0.4, 0.5) is 0 Å². The van der Waals surface area contributed by atoms with Crippen LogP contribution in [0.15, 0.2) is 21.2 Å². The SMILES string of the molecule is CCCCCC(NCC)c1occc1Br. The molecular weight excluding hydrogens is 254 g/mol. The summed E-state index contributed by atoms with van der Waals surface area (Å²) in [6.45, 7) is 5.33. The molecule has 1 unspecified atom stereocenters. The molecule has 0 saturated carbocycles. The highest BCUT2D eigenvalue weighted by molar-refractivity contribution is 9.10. The van der Waals surface area contributed by atoms with Gasteiger partial charge in [-0.05, 0) is 35.0 Å². The van der Waals surface area contributed by atoms with Crippen LogP contribution in [-0.4, -0.2) is 6.54 Å². The van der Waals surface area contributed by atoms with E-state index in [0.717, 1.165) is 23.2 Å². The smallest absolute Gasteiger partial charge is 0.134 e. The second kappa shape index (κ2) is 7.07. The number of hydrogen-bond acceptors (Lipinski definition) is 2. The Morgan fingerprint density at radius 2 is 2.20 bits per heavy atom. The summed E-state index contributed by atoms with van der Waals surface area (Å²) in [5.74, 6) is 1.04. The minimum absolute atomic E-state index is 0.353. The number of unbranched alkanes of at least 4 members (excludes halogenated alkanes) is 2. The van der Waals surface area contributed by atoms with E-state index in [4.69, 9.17) is 4.42 Å². The Labute approximate surface area is 101 Å². The van der Waals surface area contributed by atoms with Crippen LogP contribution in [0.2, 0.25) is 0 Å². The van der Waals surface area contributed by atoms with Gasteiger partial charge in [0.2, 0.25) is 0 Å². The average Bonchev–Trinajstić information content (AvgIpc) is 2.64. The zero-order valence-corrected chi connectivity index (χ0v) is 11.1. The predicted octanol–water partition coefficient (Wildman–Crippen LogP) is 4.27. The van der Waals surface area contributed by atoms with Gasteiger partial charge in [0.05, 0.1) is 16.8 Å². The lowest BCUT2D eigenvalue weighted by Gasteiger charge is -2.15. The highest BCUT2D eigenvalue weighted by Gasteiger charge is 2.15. The van der Waals surface area contributed by atoms with Crippen molar-refractivity contribution in [3.63, 3.8) is 0 Å². The quantitative estimate of drug-likeness (QED) is 0.751. The summed E-state index contributed by atoms with van der Waals surface area (Å²) in [5, 5.41) is 3.46. The molecule has 1 atom stereocenters. The fraction of sp³-hybridized carbons (Fsp3) is 0.667. The third-order valence-electron chi connectivity index (χ3n) is 2.51. The zero-order chi connectivity index (χ0) is 11.1. The van der Waals surface area contributed by atoms with Gasteiger partial charge >= 0.3 is 0 Å². The van der Waals surface area contributed by atoms with Crippen molar-refractivity contribution < 1.29 is 4.42 Å². The molecule has 1 N–H and O–H groups in total. The van der Waals surface area contributed by atoms with Gasteiger partial charge < -0.3 is 9.73 Å². The van der Waals surface area contributed by atoms with E-state index in [1.165, 1.54) is 19.3 Å². The lowest BCUT2D eigenvalue weighted by atomic mass is 10.1. The lowest BCUT2D eigenvalue weighted by Crippen LogP contribution is -2.20. The normalized spacial score (nSPS) is 13.0. The minimum Gasteiger partial charge on any atom is -0.466 e. The molecule has 0 bridgehead atoms. The first-order valence-electron chi connectivity index (χ1n) is 5.75. The van der Waals surface area contributed by atoms with E-state index in [1.807, 2.05) is 6.07 Å². The second-order valence-corrected chi connectivity index (χ2v) is 4.59. The van der Waals surface area contributed by atoms with Crippen LogP contribution in [0.1, 0.15) is 51.3 Å². The van der Waals surface area contributed by atoms with Crippen molar-refractivity contribution in [2.75, 3.05) is 6.54 Å². The number of furan rings is 1. The Morgan fingerprint density at radius 3 is 2.73 bits per heavy atom. The summed E-state index contributed by atoms with van der Waals surface area (Å²) in [5.41, 5.74) is 0. The van der Waals surface area contributed by atoms with E-state index in [-0.39, 0.29) is 0 Å². The molecule has 0 saturated heterocycles. The predicted molar refractivity (Wildman–Crippen MR) is 67.0 cm³/mol. The Kier molecular flexibility index (Phi) is 6.03. The van der Waals surface area contributed by atoms with Crippen molar-refractivity contribution in [3.05, 3.63) is 22.6 Å². The molecule has 86 valence electrons. The standard InChI is InChI=1S/C12H20BrNO/c1-3-5-6-7-11(14-4-2)12-10(13)8-9-15-12/h8-9,11,14H,3-7H2,1-2H3. The number of rotatable bonds is 7. The molecule has 1 heterocycles. The number of hydrogen-bond donors (Lipinski definition) is 1. The van der Waals surface area contributed by atoms with Gasteiger partial charge in [0.15, 0.2) is 0 Å². The molecular formula is C12H20BrNO. The molecule has 0 amide bonds. The molecule has 0 aliphatic heterocycles. The maximum atomic E-state index is 5.50. The largest absolute Gasteiger partial charge is 0.466 e. The van der Waals surface area contributed by atoms with E-state index in [0.29, 0.717) is 6.04 Å². The zero-order valence-electron chi connectivity index (χ0n) is 9.55. The van der Waals surface area contributed by atoms with Gasteiger partial charge in [0.1, 0.15) is 5.76 Å². The van der Waals surface area contributed by atoms with Crippen LogP contribution in [0, 0.1) is 0 Å². The molecule has 15 heavy (non-hydrogen) atoms. The Balaban J connectivity index is 2.53. The maximum absolute atomic E-state index is 5.50.